The Hall–Kier alpha value is -1.79. The summed E-state index contributed by atoms with van der Waals surface area (Å²) in [5.41, 5.74) is -0.168. The summed E-state index contributed by atoms with van der Waals surface area (Å²) in [6.45, 7) is 4.33. The topological polar surface area (TPSA) is 80.7 Å². The van der Waals surface area contributed by atoms with E-state index in [2.05, 4.69) is 56.2 Å². The Morgan fingerprint density at radius 2 is 1.47 bits per heavy atom. The van der Waals surface area contributed by atoms with Crippen LogP contribution in [0.15, 0.2) is 30.3 Å². The van der Waals surface area contributed by atoms with Crippen LogP contribution in [0.25, 0.3) is 0 Å². The molecule has 6 nitrogen and oxygen atoms in total. The van der Waals surface area contributed by atoms with Crippen molar-refractivity contribution in [2.75, 3.05) is 21.1 Å². The Labute approximate surface area is 173 Å². The first-order chi connectivity index (χ1) is 13.1. The largest absolute Gasteiger partial charge is 0.444 e. The lowest BCUT2D eigenvalue weighted by atomic mass is 9.97. The van der Waals surface area contributed by atoms with Gasteiger partial charge in [0, 0.05) is 5.56 Å². The number of benzene rings is 1. The van der Waals surface area contributed by atoms with E-state index in [0.717, 1.165) is 31.8 Å². The summed E-state index contributed by atoms with van der Waals surface area (Å²) in [6.07, 6.45) is -10.2. The van der Waals surface area contributed by atoms with Crippen LogP contribution in [0, 0.1) is 5.41 Å². The second kappa shape index (κ2) is 9.56. The zero-order valence-corrected chi connectivity index (χ0v) is 18.3. The number of carbonyl (C=O) groups is 1. The van der Waals surface area contributed by atoms with Gasteiger partial charge >= 0.3 is 27.5 Å². The quantitative estimate of drug-likeness (QED) is 0.310. The van der Waals surface area contributed by atoms with Crippen LogP contribution in [0.5, 0.6) is 0 Å². The number of quaternary nitrogens is 1. The number of halogens is 5. The zero-order valence-electron chi connectivity index (χ0n) is 17.5. The minimum Gasteiger partial charge on any atom is -0.444 e. The predicted molar refractivity (Wildman–Crippen MR) is 100 cm³/mol. The summed E-state index contributed by atoms with van der Waals surface area (Å²) in [4.78, 5) is 11.2. The van der Waals surface area contributed by atoms with Gasteiger partial charge in [0.1, 0.15) is 6.54 Å². The number of hydrogen-bond acceptors (Lipinski definition) is 4. The minimum absolute atomic E-state index is 0.990. The number of hydrogen-bond donors (Lipinski definition) is 1. The van der Waals surface area contributed by atoms with Crippen molar-refractivity contribution in [2.24, 2.45) is 5.41 Å². The molecule has 0 aliphatic carbocycles. The highest BCUT2D eigenvalue weighted by Crippen LogP contribution is 2.39. The summed E-state index contributed by atoms with van der Waals surface area (Å²) < 4.78 is 96.3. The van der Waals surface area contributed by atoms with E-state index in [1.807, 2.05) is 0 Å². The third-order valence-electron chi connectivity index (χ3n) is 3.28. The van der Waals surface area contributed by atoms with Crippen LogP contribution >= 0.6 is 0 Å². The number of ether oxygens (including phenoxy) is 1. The van der Waals surface area contributed by atoms with Crippen LogP contribution in [0.2, 0.25) is 0 Å². The highest BCUT2D eigenvalue weighted by atomic mass is 32.2. The van der Waals surface area contributed by atoms with Crippen LogP contribution in [0.4, 0.5) is 22.0 Å². The summed E-state index contributed by atoms with van der Waals surface area (Å²) in [6, 6.07) is 10.6. The van der Waals surface area contributed by atoms with Crippen LogP contribution < -0.4 is 0 Å². The second-order valence-corrected chi connectivity index (χ2v) is 10.0. The average Bonchev–Trinajstić information content (AvgIpc) is 2.48. The standard InChI is InChI=1S/C10H16N.C8H11F5O5S/c1-11(2,3)9-10-7-5-4-6-8-10;1-6(2,3)5(14)18-4(7(9,10)11)8(12,13)19(15,16)17/h4-8H,9H2,1-3H3;4H,1-3H3,(H,15,16,17)/q+1;. The number of nitrogens with zero attached hydrogens (tertiary/aromatic N) is 1. The third-order valence-corrected chi connectivity index (χ3v) is 4.19. The molecule has 0 aromatic heterocycles. The van der Waals surface area contributed by atoms with E-state index in [1.54, 1.807) is 0 Å². The zero-order chi connectivity index (χ0) is 24.2. The average molecular weight is 464 g/mol. The monoisotopic (exact) mass is 464 g/mol. The highest BCUT2D eigenvalue weighted by molar-refractivity contribution is 7.86. The minimum atomic E-state index is -6.41. The van der Waals surface area contributed by atoms with Crippen LogP contribution in [-0.2, 0) is 26.2 Å². The summed E-state index contributed by atoms with van der Waals surface area (Å²) in [7, 11) is 0.198. The summed E-state index contributed by atoms with van der Waals surface area (Å²) in [5.74, 6) is -1.70. The van der Waals surface area contributed by atoms with E-state index < -0.39 is 39.0 Å². The van der Waals surface area contributed by atoms with E-state index in [1.165, 1.54) is 5.56 Å². The predicted octanol–water partition coefficient (Wildman–Crippen LogP) is 3.88. The van der Waals surface area contributed by atoms with Gasteiger partial charge in [0.25, 0.3) is 6.10 Å². The molecule has 0 amide bonds. The molecule has 174 valence electrons. The number of rotatable bonds is 5. The second-order valence-electron chi connectivity index (χ2n) is 8.55. The van der Waals surface area contributed by atoms with E-state index in [0.29, 0.717) is 0 Å². The fourth-order valence-electron chi connectivity index (χ4n) is 1.88. The van der Waals surface area contributed by atoms with Gasteiger partial charge in [-0.2, -0.15) is 30.4 Å². The Balaban J connectivity index is 0.000000642. The van der Waals surface area contributed by atoms with Gasteiger partial charge in [-0.1, -0.05) is 30.3 Å². The van der Waals surface area contributed by atoms with Crippen molar-refractivity contribution in [2.45, 2.75) is 44.9 Å². The normalized spacial score (nSPS) is 14.4. The van der Waals surface area contributed by atoms with Crippen LogP contribution in [-0.4, -0.2) is 62.1 Å². The molecule has 1 atom stereocenters. The van der Waals surface area contributed by atoms with Gasteiger partial charge in [-0.15, -0.1) is 0 Å². The van der Waals surface area contributed by atoms with Gasteiger partial charge in [0.05, 0.1) is 26.6 Å². The molecule has 30 heavy (non-hydrogen) atoms. The first kappa shape index (κ1) is 28.2. The van der Waals surface area contributed by atoms with Gasteiger partial charge in [-0.25, -0.2) is 0 Å². The van der Waals surface area contributed by atoms with Gasteiger partial charge in [0.2, 0.25) is 0 Å². The van der Waals surface area contributed by atoms with Crippen molar-refractivity contribution >= 4 is 16.1 Å². The molecule has 0 aliphatic heterocycles. The van der Waals surface area contributed by atoms with Crippen LogP contribution in [0.1, 0.15) is 26.3 Å². The molecule has 0 heterocycles. The van der Waals surface area contributed by atoms with Gasteiger partial charge in [-0.05, 0) is 20.8 Å². The van der Waals surface area contributed by atoms with Gasteiger partial charge in [-0.3, -0.25) is 9.35 Å². The molecule has 12 heteroatoms. The molecule has 1 aromatic rings. The van der Waals surface area contributed by atoms with E-state index in [-0.39, 0.29) is 0 Å². The smallest absolute Gasteiger partial charge is 0.432 e. The van der Waals surface area contributed by atoms with Crippen molar-refractivity contribution < 1.29 is 48.9 Å². The number of esters is 1. The molecule has 0 spiro atoms. The fourth-order valence-corrected chi connectivity index (χ4v) is 2.33. The Morgan fingerprint density at radius 1 is 1.03 bits per heavy atom. The maximum Gasteiger partial charge on any atom is 0.432 e. The van der Waals surface area contributed by atoms with Crippen molar-refractivity contribution in [3.05, 3.63) is 35.9 Å². The Kier molecular flexibility index (Phi) is 8.99. The molecule has 1 N–H and O–H groups in total. The van der Waals surface area contributed by atoms with E-state index in [9.17, 15) is 35.2 Å². The molecular formula is C18H27F5NO5S+. The number of alkyl halides is 5. The summed E-state index contributed by atoms with van der Waals surface area (Å²) >= 11 is 0. The molecule has 0 fully saturated rings. The molecule has 0 saturated heterocycles. The molecule has 1 aromatic carbocycles. The maximum absolute atomic E-state index is 13.0. The third kappa shape index (κ3) is 9.35. The highest BCUT2D eigenvalue weighted by Gasteiger charge is 2.66. The SMILES string of the molecule is CC(C)(C)C(=O)OC(C(F)(F)F)C(F)(F)S(=O)(=O)O.C[N+](C)(C)Cc1ccccc1. The Morgan fingerprint density at radius 3 is 1.77 bits per heavy atom. The maximum atomic E-state index is 13.0. The summed E-state index contributed by atoms with van der Waals surface area (Å²) in [5, 5.41) is -5.70. The van der Waals surface area contributed by atoms with Crippen molar-refractivity contribution in [3.8, 4) is 0 Å². The lowest BCUT2D eigenvalue weighted by Gasteiger charge is -2.28. The Bertz CT molecular complexity index is 797. The first-order valence-corrected chi connectivity index (χ1v) is 10.00. The van der Waals surface area contributed by atoms with Gasteiger partial charge < -0.3 is 9.22 Å². The molecular weight excluding hydrogens is 437 g/mol. The van der Waals surface area contributed by atoms with E-state index >= 15 is 0 Å². The molecule has 1 unspecified atom stereocenters. The molecule has 0 bridgehead atoms. The fraction of sp³-hybridized carbons (Fsp3) is 0.611. The van der Waals surface area contributed by atoms with Crippen molar-refractivity contribution in [1.29, 1.82) is 0 Å². The van der Waals surface area contributed by atoms with E-state index in [4.69, 9.17) is 4.55 Å². The molecule has 0 saturated carbocycles. The van der Waals surface area contributed by atoms with Crippen LogP contribution in [0.3, 0.4) is 0 Å². The molecule has 0 aliphatic rings. The molecule has 1 rings (SSSR count). The molecule has 0 radical (unpaired) electrons. The lowest BCUT2D eigenvalue weighted by Crippen LogP contribution is -2.53. The van der Waals surface area contributed by atoms with Crippen molar-refractivity contribution in [1.82, 2.24) is 0 Å². The first-order valence-electron chi connectivity index (χ1n) is 8.56. The van der Waals surface area contributed by atoms with Gasteiger partial charge in [0.15, 0.2) is 0 Å². The lowest BCUT2D eigenvalue weighted by molar-refractivity contribution is -0.884. The number of carbonyl (C=O) groups excluding carboxylic acids is 1. The van der Waals surface area contributed by atoms with Crippen molar-refractivity contribution in [3.63, 3.8) is 0 Å².